The van der Waals surface area contributed by atoms with Crippen LogP contribution in [0.1, 0.15) is 12.5 Å². The van der Waals surface area contributed by atoms with E-state index in [0.29, 0.717) is 18.2 Å². The predicted molar refractivity (Wildman–Crippen MR) is 89.8 cm³/mol. The molecule has 23 heavy (non-hydrogen) atoms. The molecule has 0 aliphatic rings. The van der Waals surface area contributed by atoms with Crippen LogP contribution in [-0.4, -0.2) is 17.7 Å². The number of thiophene rings is 1. The average molecular weight is 328 g/mol. The second kappa shape index (κ2) is 7.11. The molecule has 0 unspecified atom stereocenters. The van der Waals surface area contributed by atoms with Gasteiger partial charge in [0.2, 0.25) is 11.8 Å². The maximum atomic E-state index is 12.1. The van der Waals surface area contributed by atoms with Crippen molar-refractivity contribution in [2.75, 3.05) is 11.9 Å². The first-order valence-electron chi connectivity index (χ1n) is 7.25. The lowest BCUT2D eigenvalue weighted by molar-refractivity contribution is -0.115. The van der Waals surface area contributed by atoms with Crippen molar-refractivity contribution >= 4 is 23.1 Å². The highest BCUT2D eigenvalue weighted by Crippen LogP contribution is 2.23. The minimum Gasteiger partial charge on any atom is -0.494 e. The Morgan fingerprint density at radius 2 is 2.13 bits per heavy atom. The highest BCUT2D eigenvalue weighted by Gasteiger charge is 2.10. The van der Waals surface area contributed by atoms with Gasteiger partial charge < -0.3 is 9.26 Å². The zero-order valence-electron chi connectivity index (χ0n) is 12.6. The summed E-state index contributed by atoms with van der Waals surface area (Å²) in [4.78, 5) is 12.1. The minimum absolute atomic E-state index is 0.151. The van der Waals surface area contributed by atoms with Gasteiger partial charge in [-0.25, -0.2) is 0 Å². The fourth-order valence-electron chi connectivity index (χ4n) is 2.12. The van der Waals surface area contributed by atoms with Crippen LogP contribution in [0.4, 0.5) is 5.88 Å². The van der Waals surface area contributed by atoms with Crippen LogP contribution in [0.25, 0.3) is 11.3 Å². The molecule has 2 aromatic heterocycles. The summed E-state index contributed by atoms with van der Waals surface area (Å²) in [7, 11) is 0. The molecule has 0 saturated heterocycles. The average Bonchev–Trinajstić information content (AvgIpc) is 3.20. The van der Waals surface area contributed by atoms with E-state index in [4.69, 9.17) is 9.26 Å². The van der Waals surface area contributed by atoms with Crippen molar-refractivity contribution in [3.05, 3.63) is 52.7 Å². The van der Waals surface area contributed by atoms with Crippen molar-refractivity contribution in [3.63, 3.8) is 0 Å². The first-order chi connectivity index (χ1) is 11.2. The monoisotopic (exact) mass is 328 g/mol. The Kier molecular flexibility index (Phi) is 4.73. The van der Waals surface area contributed by atoms with Gasteiger partial charge in [0, 0.05) is 17.0 Å². The molecular formula is C17H16N2O3S. The number of nitrogens with zero attached hydrogens (tertiary/aromatic N) is 1. The number of rotatable bonds is 6. The smallest absolute Gasteiger partial charge is 0.231 e. The van der Waals surface area contributed by atoms with Crippen molar-refractivity contribution in [2.45, 2.75) is 13.3 Å². The van der Waals surface area contributed by atoms with E-state index in [9.17, 15) is 4.79 Å². The summed E-state index contributed by atoms with van der Waals surface area (Å²) >= 11 is 1.58. The van der Waals surface area contributed by atoms with Crippen LogP contribution in [0.3, 0.4) is 0 Å². The summed E-state index contributed by atoms with van der Waals surface area (Å²) < 4.78 is 10.5. The minimum atomic E-state index is -0.151. The lowest BCUT2D eigenvalue weighted by atomic mass is 10.1. The molecule has 0 radical (unpaired) electrons. The Hall–Kier alpha value is -2.60. The molecule has 0 atom stereocenters. The molecule has 118 valence electrons. The van der Waals surface area contributed by atoms with E-state index in [1.807, 2.05) is 48.0 Å². The first-order valence-corrected chi connectivity index (χ1v) is 8.20. The number of ether oxygens (including phenoxy) is 1. The van der Waals surface area contributed by atoms with Gasteiger partial charge in [-0.3, -0.25) is 10.1 Å². The number of aromatic nitrogens is 1. The Labute approximate surface area is 137 Å². The van der Waals surface area contributed by atoms with Gasteiger partial charge in [-0.05, 0) is 36.1 Å². The van der Waals surface area contributed by atoms with E-state index in [1.54, 1.807) is 17.4 Å². The van der Waals surface area contributed by atoms with E-state index in [0.717, 1.165) is 16.9 Å². The lowest BCUT2D eigenvalue weighted by Gasteiger charge is -2.04. The van der Waals surface area contributed by atoms with Crippen LogP contribution in [0.2, 0.25) is 0 Å². The van der Waals surface area contributed by atoms with Gasteiger partial charge in [0.05, 0.1) is 13.0 Å². The van der Waals surface area contributed by atoms with E-state index >= 15 is 0 Å². The van der Waals surface area contributed by atoms with Crippen LogP contribution in [0.15, 0.2) is 51.7 Å². The fraction of sp³-hybridized carbons (Fsp3) is 0.176. The van der Waals surface area contributed by atoms with E-state index in [-0.39, 0.29) is 12.3 Å². The number of hydrogen-bond acceptors (Lipinski definition) is 5. The summed E-state index contributed by atoms with van der Waals surface area (Å²) in [6.45, 7) is 2.56. The Bertz CT molecular complexity index is 764. The van der Waals surface area contributed by atoms with Gasteiger partial charge in [-0.2, -0.15) is 11.3 Å². The molecule has 0 fully saturated rings. The van der Waals surface area contributed by atoms with Crippen molar-refractivity contribution < 1.29 is 14.1 Å². The molecule has 0 aliphatic carbocycles. The SMILES string of the molecule is CCOc1ccc(CC(=O)Nc2cc(-c3ccsc3)no2)cc1. The third kappa shape index (κ3) is 3.98. The molecule has 0 bridgehead atoms. The van der Waals surface area contributed by atoms with Crippen molar-refractivity contribution in [2.24, 2.45) is 0 Å². The highest BCUT2D eigenvalue weighted by molar-refractivity contribution is 7.08. The van der Waals surface area contributed by atoms with Gasteiger partial charge >= 0.3 is 0 Å². The van der Waals surface area contributed by atoms with Crippen LogP contribution in [0.5, 0.6) is 5.75 Å². The van der Waals surface area contributed by atoms with Gasteiger partial charge in [-0.1, -0.05) is 17.3 Å². The summed E-state index contributed by atoms with van der Waals surface area (Å²) in [5.41, 5.74) is 2.59. The number of benzene rings is 1. The number of carbonyl (C=O) groups is 1. The third-order valence-corrected chi connectivity index (χ3v) is 3.87. The van der Waals surface area contributed by atoms with Crippen LogP contribution >= 0.6 is 11.3 Å². The van der Waals surface area contributed by atoms with Gasteiger partial charge in [0.1, 0.15) is 11.4 Å². The Morgan fingerprint density at radius 1 is 1.30 bits per heavy atom. The summed E-state index contributed by atoms with van der Waals surface area (Å²) in [5.74, 6) is 0.997. The molecule has 0 spiro atoms. The van der Waals surface area contributed by atoms with Crippen molar-refractivity contribution in [1.29, 1.82) is 0 Å². The molecular weight excluding hydrogens is 312 g/mol. The Balaban J connectivity index is 1.59. The lowest BCUT2D eigenvalue weighted by Crippen LogP contribution is -2.13. The number of nitrogens with one attached hydrogen (secondary N) is 1. The summed E-state index contributed by atoms with van der Waals surface area (Å²) in [6.07, 6.45) is 0.265. The Morgan fingerprint density at radius 3 is 2.83 bits per heavy atom. The molecule has 1 aromatic carbocycles. The molecule has 5 nitrogen and oxygen atoms in total. The number of hydrogen-bond donors (Lipinski definition) is 1. The maximum Gasteiger partial charge on any atom is 0.231 e. The van der Waals surface area contributed by atoms with Crippen LogP contribution in [0, 0.1) is 0 Å². The summed E-state index contributed by atoms with van der Waals surface area (Å²) in [5, 5.41) is 10.6. The second-order valence-corrected chi connectivity index (χ2v) is 5.67. The fourth-order valence-corrected chi connectivity index (χ4v) is 2.77. The third-order valence-electron chi connectivity index (χ3n) is 3.19. The van der Waals surface area contributed by atoms with Crippen LogP contribution in [-0.2, 0) is 11.2 Å². The molecule has 3 rings (SSSR count). The zero-order valence-corrected chi connectivity index (χ0v) is 13.4. The quantitative estimate of drug-likeness (QED) is 0.743. The topological polar surface area (TPSA) is 64.4 Å². The largest absolute Gasteiger partial charge is 0.494 e. The van der Waals surface area contributed by atoms with Gasteiger partial charge in [-0.15, -0.1) is 0 Å². The van der Waals surface area contributed by atoms with Gasteiger partial charge in [0.25, 0.3) is 0 Å². The molecule has 2 heterocycles. The molecule has 3 aromatic rings. The second-order valence-electron chi connectivity index (χ2n) is 4.89. The predicted octanol–water partition coefficient (Wildman–Crippen LogP) is 3.98. The molecule has 0 aliphatic heterocycles. The highest BCUT2D eigenvalue weighted by atomic mass is 32.1. The maximum absolute atomic E-state index is 12.1. The molecule has 0 saturated carbocycles. The van der Waals surface area contributed by atoms with Crippen molar-refractivity contribution in [3.8, 4) is 17.0 Å². The number of carbonyl (C=O) groups excluding carboxylic acids is 1. The van der Waals surface area contributed by atoms with Gasteiger partial charge in [0.15, 0.2) is 0 Å². The number of anilines is 1. The zero-order chi connectivity index (χ0) is 16.1. The number of amides is 1. The van der Waals surface area contributed by atoms with E-state index in [1.165, 1.54) is 0 Å². The normalized spacial score (nSPS) is 10.5. The van der Waals surface area contributed by atoms with Crippen LogP contribution < -0.4 is 10.1 Å². The molecule has 1 amide bonds. The standard InChI is InChI=1S/C17H16N2O3S/c1-2-21-14-5-3-12(4-6-14)9-16(20)18-17-10-15(19-22-17)13-7-8-23-11-13/h3-8,10-11H,2,9H2,1H3,(H,18,20). The first kappa shape index (κ1) is 15.3. The molecule has 6 heteroatoms. The summed E-state index contributed by atoms with van der Waals surface area (Å²) in [6, 6.07) is 11.1. The van der Waals surface area contributed by atoms with Crippen molar-refractivity contribution in [1.82, 2.24) is 5.16 Å². The molecule has 1 N–H and O–H groups in total. The van der Waals surface area contributed by atoms with E-state index < -0.39 is 0 Å². The van der Waals surface area contributed by atoms with E-state index in [2.05, 4.69) is 10.5 Å².